The molecule has 0 atom stereocenters. The summed E-state index contributed by atoms with van der Waals surface area (Å²) < 4.78 is 9.72. The van der Waals surface area contributed by atoms with E-state index >= 15 is 0 Å². The molecule has 3 nitrogen and oxygen atoms in total. The molecule has 0 spiro atoms. The number of hydrogen-bond donors (Lipinski definition) is 0. The standard InChI is InChI=1S/C8H9ClO3/c1-2-11-8(10)6-3-4-12-7(6)5-9/h3-4H,2,5H2,1H3. The van der Waals surface area contributed by atoms with E-state index < -0.39 is 0 Å². The van der Waals surface area contributed by atoms with E-state index in [1.807, 2.05) is 0 Å². The molecule has 0 aliphatic rings. The van der Waals surface area contributed by atoms with Gasteiger partial charge in [-0.25, -0.2) is 4.79 Å². The Morgan fingerprint density at radius 2 is 2.50 bits per heavy atom. The Kier molecular flexibility index (Phi) is 3.17. The Hall–Kier alpha value is -0.960. The monoisotopic (exact) mass is 188 g/mol. The lowest BCUT2D eigenvalue weighted by molar-refractivity contribution is 0.0524. The highest BCUT2D eigenvalue weighted by atomic mass is 35.5. The van der Waals surface area contributed by atoms with Crippen molar-refractivity contribution >= 4 is 17.6 Å². The van der Waals surface area contributed by atoms with Crippen LogP contribution in [0.25, 0.3) is 0 Å². The zero-order chi connectivity index (χ0) is 8.97. The van der Waals surface area contributed by atoms with Crippen LogP contribution in [0.3, 0.4) is 0 Å². The average molecular weight is 189 g/mol. The molecule has 4 heteroatoms. The molecular formula is C8H9ClO3. The van der Waals surface area contributed by atoms with E-state index in [9.17, 15) is 4.79 Å². The molecule has 12 heavy (non-hydrogen) atoms. The molecule has 0 aliphatic carbocycles. The van der Waals surface area contributed by atoms with Crippen molar-refractivity contribution in [3.63, 3.8) is 0 Å². The SMILES string of the molecule is CCOC(=O)c1ccoc1CCl. The van der Waals surface area contributed by atoms with Crippen molar-refractivity contribution in [1.29, 1.82) is 0 Å². The van der Waals surface area contributed by atoms with Crippen LogP contribution in [-0.2, 0) is 10.6 Å². The minimum atomic E-state index is -0.387. The summed E-state index contributed by atoms with van der Waals surface area (Å²) in [4.78, 5) is 11.1. The number of ether oxygens (including phenoxy) is 1. The van der Waals surface area contributed by atoms with E-state index in [0.717, 1.165) is 0 Å². The summed E-state index contributed by atoms with van der Waals surface area (Å²) in [6.07, 6.45) is 1.42. The van der Waals surface area contributed by atoms with Crippen LogP contribution in [0, 0.1) is 0 Å². The largest absolute Gasteiger partial charge is 0.467 e. The van der Waals surface area contributed by atoms with Crippen LogP contribution in [-0.4, -0.2) is 12.6 Å². The van der Waals surface area contributed by atoms with E-state index in [1.165, 1.54) is 6.26 Å². The minimum absolute atomic E-state index is 0.182. The van der Waals surface area contributed by atoms with Gasteiger partial charge in [-0.3, -0.25) is 0 Å². The lowest BCUT2D eigenvalue weighted by Gasteiger charge is -1.98. The lowest BCUT2D eigenvalue weighted by Crippen LogP contribution is -2.05. The molecule has 0 aliphatic heterocycles. The molecule has 0 saturated carbocycles. The Bertz CT molecular complexity index is 267. The predicted molar refractivity (Wildman–Crippen MR) is 44.2 cm³/mol. The second-order valence-electron chi connectivity index (χ2n) is 2.11. The molecule has 0 aromatic carbocycles. The van der Waals surface area contributed by atoms with Crippen molar-refractivity contribution in [2.45, 2.75) is 12.8 Å². The van der Waals surface area contributed by atoms with Gasteiger partial charge in [0.15, 0.2) is 0 Å². The highest BCUT2D eigenvalue weighted by Gasteiger charge is 2.13. The first-order chi connectivity index (χ1) is 5.79. The van der Waals surface area contributed by atoms with Gasteiger partial charge in [0.05, 0.1) is 18.8 Å². The molecular weight excluding hydrogens is 180 g/mol. The second-order valence-corrected chi connectivity index (χ2v) is 2.38. The predicted octanol–water partition coefficient (Wildman–Crippen LogP) is 2.20. The van der Waals surface area contributed by atoms with Gasteiger partial charge in [-0.05, 0) is 13.0 Å². The zero-order valence-corrected chi connectivity index (χ0v) is 7.43. The summed E-state index contributed by atoms with van der Waals surface area (Å²) >= 11 is 5.52. The van der Waals surface area contributed by atoms with Gasteiger partial charge in [-0.1, -0.05) is 0 Å². The molecule has 0 fully saturated rings. The third kappa shape index (κ3) is 1.80. The topological polar surface area (TPSA) is 39.4 Å². The highest BCUT2D eigenvalue weighted by Crippen LogP contribution is 2.13. The van der Waals surface area contributed by atoms with E-state index in [-0.39, 0.29) is 11.8 Å². The van der Waals surface area contributed by atoms with Crippen LogP contribution in [0.15, 0.2) is 16.7 Å². The third-order valence-corrected chi connectivity index (χ3v) is 1.60. The van der Waals surface area contributed by atoms with Crippen LogP contribution in [0.5, 0.6) is 0 Å². The Labute approximate surface area is 75.3 Å². The molecule has 0 bridgehead atoms. The van der Waals surface area contributed by atoms with Gasteiger partial charge in [0.25, 0.3) is 0 Å². The number of carbonyl (C=O) groups is 1. The van der Waals surface area contributed by atoms with Crippen molar-refractivity contribution in [1.82, 2.24) is 0 Å². The number of carbonyl (C=O) groups excluding carboxylic acids is 1. The fourth-order valence-electron chi connectivity index (χ4n) is 0.835. The number of rotatable bonds is 3. The maximum absolute atomic E-state index is 11.1. The molecule has 1 rings (SSSR count). The maximum atomic E-state index is 11.1. The Morgan fingerprint density at radius 3 is 3.08 bits per heavy atom. The van der Waals surface area contributed by atoms with Crippen molar-refractivity contribution in [2.24, 2.45) is 0 Å². The normalized spacial score (nSPS) is 9.83. The van der Waals surface area contributed by atoms with Crippen LogP contribution in [0.2, 0.25) is 0 Å². The molecule has 0 radical (unpaired) electrons. The summed E-state index contributed by atoms with van der Waals surface area (Å²) in [5.41, 5.74) is 0.409. The van der Waals surface area contributed by atoms with Crippen LogP contribution >= 0.6 is 11.6 Å². The molecule has 1 aromatic rings. The van der Waals surface area contributed by atoms with Gasteiger partial charge in [0.2, 0.25) is 0 Å². The summed E-state index contributed by atoms with van der Waals surface area (Å²) in [7, 11) is 0. The second kappa shape index (κ2) is 4.16. The van der Waals surface area contributed by atoms with Crippen molar-refractivity contribution in [3.8, 4) is 0 Å². The van der Waals surface area contributed by atoms with E-state index in [1.54, 1.807) is 13.0 Å². The van der Waals surface area contributed by atoms with Gasteiger partial charge >= 0.3 is 5.97 Å². The molecule has 0 N–H and O–H groups in total. The zero-order valence-electron chi connectivity index (χ0n) is 6.67. The van der Waals surface area contributed by atoms with Crippen LogP contribution < -0.4 is 0 Å². The molecule has 0 saturated heterocycles. The number of alkyl halides is 1. The number of hydrogen-bond acceptors (Lipinski definition) is 3. The van der Waals surface area contributed by atoms with Crippen molar-refractivity contribution in [2.75, 3.05) is 6.61 Å². The van der Waals surface area contributed by atoms with E-state index in [2.05, 4.69) is 0 Å². The van der Waals surface area contributed by atoms with Crippen molar-refractivity contribution < 1.29 is 13.9 Å². The first kappa shape index (κ1) is 9.13. The van der Waals surface area contributed by atoms with Gasteiger partial charge < -0.3 is 9.15 Å². The Balaban J connectivity index is 2.79. The number of halogens is 1. The average Bonchev–Trinajstić information content (AvgIpc) is 2.51. The number of esters is 1. The summed E-state index contributed by atoms with van der Waals surface area (Å²) in [5.74, 6) is 0.248. The number of furan rings is 1. The maximum Gasteiger partial charge on any atom is 0.341 e. The van der Waals surface area contributed by atoms with Gasteiger partial charge in [0.1, 0.15) is 11.3 Å². The highest BCUT2D eigenvalue weighted by molar-refractivity contribution is 6.17. The quantitative estimate of drug-likeness (QED) is 0.539. The van der Waals surface area contributed by atoms with E-state index in [0.29, 0.717) is 17.9 Å². The Morgan fingerprint density at radius 1 is 1.75 bits per heavy atom. The minimum Gasteiger partial charge on any atom is -0.467 e. The summed E-state index contributed by atoms with van der Waals surface area (Å²) in [5, 5.41) is 0. The van der Waals surface area contributed by atoms with Gasteiger partial charge in [0, 0.05) is 0 Å². The first-order valence-electron chi connectivity index (χ1n) is 3.59. The smallest absolute Gasteiger partial charge is 0.341 e. The van der Waals surface area contributed by atoms with E-state index in [4.69, 9.17) is 20.8 Å². The van der Waals surface area contributed by atoms with Gasteiger partial charge in [-0.2, -0.15) is 0 Å². The fourth-order valence-corrected chi connectivity index (χ4v) is 1.04. The van der Waals surface area contributed by atoms with Crippen molar-refractivity contribution in [3.05, 3.63) is 23.7 Å². The van der Waals surface area contributed by atoms with Gasteiger partial charge in [-0.15, -0.1) is 11.6 Å². The summed E-state index contributed by atoms with van der Waals surface area (Å²) in [6, 6.07) is 1.55. The molecule has 66 valence electrons. The lowest BCUT2D eigenvalue weighted by atomic mass is 10.3. The molecule has 1 heterocycles. The molecule has 0 unspecified atom stereocenters. The van der Waals surface area contributed by atoms with Crippen LogP contribution in [0.1, 0.15) is 23.0 Å². The summed E-state index contributed by atoms with van der Waals surface area (Å²) in [6.45, 7) is 2.10. The molecule has 0 amide bonds. The fraction of sp³-hybridized carbons (Fsp3) is 0.375. The third-order valence-electron chi connectivity index (χ3n) is 1.36. The van der Waals surface area contributed by atoms with Crippen LogP contribution in [0.4, 0.5) is 0 Å². The molecule has 1 aromatic heterocycles. The first-order valence-corrected chi connectivity index (χ1v) is 4.12.